The van der Waals surface area contributed by atoms with E-state index in [-0.39, 0.29) is 0 Å². The van der Waals surface area contributed by atoms with Gasteiger partial charge in [-0.05, 0) is 44.9 Å². The predicted molar refractivity (Wildman–Crippen MR) is 73.9 cm³/mol. The molecule has 0 aliphatic carbocycles. The average Bonchev–Trinajstić information content (AvgIpc) is 2.31. The summed E-state index contributed by atoms with van der Waals surface area (Å²) in [6, 6.07) is 7.55. The van der Waals surface area contributed by atoms with Crippen LogP contribution in [-0.2, 0) is 11.2 Å². The Bertz CT molecular complexity index is 387. The standard InChI is InChI=1S/C14H22N2O2/c1-4-16(10(2)3)12-7-5-11(6-8-12)9-13(15)14(17)18/h5-8,10,13H,4,9,15H2,1-3H3,(H,17,18). The normalized spacial score (nSPS) is 12.5. The molecule has 1 aromatic rings. The lowest BCUT2D eigenvalue weighted by Gasteiger charge is -2.27. The highest BCUT2D eigenvalue weighted by molar-refractivity contribution is 5.73. The van der Waals surface area contributed by atoms with Crippen LogP contribution in [0.5, 0.6) is 0 Å². The summed E-state index contributed by atoms with van der Waals surface area (Å²) < 4.78 is 0. The van der Waals surface area contributed by atoms with Crippen molar-refractivity contribution in [3.8, 4) is 0 Å². The molecule has 0 bridgehead atoms. The van der Waals surface area contributed by atoms with Crippen molar-refractivity contribution in [2.24, 2.45) is 5.73 Å². The van der Waals surface area contributed by atoms with Gasteiger partial charge in [-0.25, -0.2) is 0 Å². The zero-order valence-electron chi connectivity index (χ0n) is 11.3. The maximum absolute atomic E-state index is 10.7. The molecule has 18 heavy (non-hydrogen) atoms. The van der Waals surface area contributed by atoms with Crippen LogP contribution < -0.4 is 10.6 Å². The number of hydrogen-bond donors (Lipinski definition) is 2. The summed E-state index contributed by atoms with van der Waals surface area (Å²) in [5, 5.41) is 8.76. The molecule has 0 amide bonds. The first-order valence-electron chi connectivity index (χ1n) is 6.29. The van der Waals surface area contributed by atoms with Crippen molar-refractivity contribution >= 4 is 11.7 Å². The van der Waals surface area contributed by atoms with Crippen molar-refractivity contribution in [3.05, 3.63) is 29.8 Å². The molecule has 0 radical (unpaired) electrons. The lowest BCUT2D eigenvalue weighted by Crippen LogP contribution is -2.32. The van der Waals surface area contributed by atoms with Gasteiger partial charge in [0.05, 0.1) is 0 Å². The van der Waals surface area contributed by atoms with Crippen molar-refractivity contribution in [2.75, 3.05) is 11.4 Å². The molecule has 1 aromatic carbocycles. The van der Waals surface area contributed by atoms with Crippen LogP contribution in [0.3, 0.4) is 0 Å². The van der Waals surface area contributed by atoms with Gasteiger partial charge in [-0.3, -0.25) is 4.79 Å². The SMILES string of the molecule is CCN(c1ccc(CC(N)C(=O)O)cc1)C(C)C. The van der Waals surface area contributed by atoms with Crippen LogP contribution in [-0.4, -0.2) is 29.7 Å². The van der Waals surface area contributed by atoms with Crippen LogP contribution in [0.15, 0.2) is 24.3 Å². The highest BCUT2D eigenvalue weighted by Gasteiger charge is 2.13. The Morgan fingerprint density at radius 1 is 1.33 bits per heavy atom. The van der Waals surface area contributed by atoms with Gasteiger partial charge in [-0.1, -0.05) is 12.1 Å². The molecular weight excluding hydrogens is 228 g/mol. The van der Waals surface area contributed by atoms with Gasteiger partial charge in [-0.15, -0.1) is 0 Å². The number of carboxylic acid groups (broad SMARTS) is 1. The monoisotopic (exact) mass is 250 g/mol. The zero-order valence-corrected chi connectivity index (χ0v) is 11.3. The smallest absolute Gasteiger partial charge is 0.320 e. The molecule has 4 nitrogen and oxygen atoms in total. The number of nitrogens with two attached hydrogens (primary N) is 1. The molecule has 1 unspecified atom stereocenters. The van der Waals surface area contributed by atoms with Crippen molar-refractivity contribution < 1.29 is 9.90 Å². The van der Waals surface area contributed by atoms with E-state index in [2.05, 4.69) is 25.7 Å². The van der Waals surface area contributed by atoms with E-state index in [0.29, 0.717) is 12.5 Å². The van der Waals surface area contributed by atoms with E-state index in [4.69, 9.17) is 10.8 Å². The fourth-order valence-corrected chi connectivity index (χ4v) is 2.01. The van der Waals surface area contributed by atoms with E-state index in [9.17, 15) is 4.79 Å². The highest BCUT2D eigenvalue weighted by atomic mass is 16.4. The lowest BCUT2D eigenvalue weighted by molar-refractivity contribution is -0.138. The topological polar surface area (TPSA) is 66.6 Å². The third-order valence-electron chi connectivity index (χ3n) is 3.00. The van der Waals surface area contributed by atoms with Gasteiger partial charge in [0, 0.05) is 18.3 Å². The van der Waals surface area contributed by atoms with E-state index in [1.165, 1.54) is 0 Å². The van der Waals surface area contributed by atoms with Gasteiger partial charge >= 0.3 is 5.97 Å². The third-order valence-corrected chi connectivity index (χ3v) is 3.00. The number of rotatable bonds is 6. The molecule has 0 spiro atoms. The Hall–Kier alpha value is -1.55. The molecule has 4 heteroatoms. The molecule has 0 aromatic heterocycles. The molecule has 0 heterocycles. The van der Waals surface area contributed by atoms with Crippen molar-refractivity contribution in [1.29, 1.82) is 0 Å². The minimum atomic E-state index is -0.962. The molecule has 1 atom stereocenters. The second-order valence-electron chi connectivity index (χ2n) is 4.70. The van der Waals surface area contributed by atoms with Crippen molar-refractivity contribution in [2.45, 2.75) is 39.3 Å². The molecule has 0 aliphatic rings. The fourth-order valence-electron chi connectivity index (χ4n) is 2.01. The number of nitrogens with zero attached hydrogens (tertiary/aromatic N) is 1. The largest absolute Gasteiger partial charge is 0.480 e. The van der Waals surface area contributed by atoms with E-state index in [1.54, 1.807) is 0 Å². The molecule has 0 saturated heterocycles. The summed E-state index contributed by atoms with van der Waals surface area (Å²) in [5.41, 5.74) is 7.62. The second-order valence-corrected chi connectivity index (χ2v) is 4.70. The number of carbonyl (C=O) groups is 1. The molecule has 0 saturated carbocycles. The highest BCUT2D eigenvalue weighted by Crippen LogP contribution is 2.18. The van der Waals surface area contributed by atoms with Crippen molar-refractivity contribution in [1.82, 2.24) is 0 Å². The third kappa shape index (κ3) is 3.74. The first-order chi connectivity index (χ1) is 8.45. The summed E-state index contributed by atoms with van der Waals surface area (Å²) in [7, 11) is 0. The molecular formula is C14H22N2O2. The van der Waals surface area contributed by atoms with Gasteiger partial charge in [0.1, 0.15) is 6.04 Å². The van der Waals surface area contributed by atoms with Gasteiger partial charge in [0.2, 0.25) is 0 Å². The predicted octanol–water partition coefficient (Wildman–Crippen LogP) is 1.88. The average molecular weight is 250 g/mol. The summed E-state index contributed by atoms with van der Waals surface area (Å²) in [4.78, 5) is 13.0. The van der Waals surface area contributed by atoms with Gasteiger partial charge < -0.3 is 15.7 Å². The molecule has 0 aliphatic heterocycles. The first kappa shape index (κ1) is 14.5. The van der Waals surface area contributed by atoms with E-state index in [0.717, 1.165) is 17.8 Å². The first-order valence-corrected chi connectivity index (χ1v) is 6.29. The van der Waals surface area contributed by atoms with E-state index in [1.807, 2.05) is 24.3 Å². The maximum Gasteiger partial charge on any atom is 0.320 e. The Balaban J connectivity index is 2.76. The van der Waals surface area contributed by atoms with Crippen LogP contribution in [0.1, 0.15) is 26.3 Å². The van der Waals surface area contributed by atoms with Gasteiger partial charge in [0.15, 0.2) is 0 Å². The minimum absolute atomic E-state index is 0.365. The number of hydrogen-bond acceptors (Lipinski definition) is 3. The number of carboxylic acids is 1. The van der Waals surface area contributed by atoms with Crippen molar-refractivity contribution in [3.63, 3.8) is 0 Å². The quantitative estimate of drug-likeness (QED) is 0.809. The van der Waals surface area contributed by atoms with Crippen LogP contribution in [0.25, 0.3) is 0 Å². The van der Waals surface area contributed by atoms with Crippen LogP contribution in [0, 0.1) is 0 Å². The summed E-state index contributed by atoms with van der Waals surface area (Å²) >= 11 is 0. The summed E-state index contributed by atoms with van der Waals surface area (Å²) in [6.45, 7) is 7.37. The Morgan fingerprint density at radius 3 is 2.28 bits per heavy atom. The van der Waals surface area contributed by atoms with Gasteiger partial charge in [0.25, 0.3) is 0 Å². The zero-order chi connectivity index (χ0) is 13.7. The Kier molecular flexibility index (Phi) is 5.16. The number of benzene rings is 1. The van der Waals surface area contributed by atoms with E-state index < -0.39 is 12.0 Å². The fraction of sp³-hybridized carbons (Fsp3) is 0.500. The number of anilines is 1. The molecule has 3 N–H and O–H groups in total. The van der Waals surface area contributed by atoms with Crippen LogP contribution in [0.4, 0.5) is 5.69 Å². The maximum atomic E-state index is 10.7. The summed E-state index contributed by atoms with van der Waals surface area (Å²) in [6.07, 6.45) is 0.365. The van der Waals surface area contributed by atoms with Crippen LogP contribution in [0.2, 0.25) is 0 Å². The Morgan fingerprint density at radius 2 is 1.89 bits per heavy atom. The summed E-state index contributed by atoms with van der Waals surface area (Å²) in [5.74, 6) is -0.962. The van der Waals surface area contributed by atoms with Crippen LogP contribution >= 0.6 is 0 Å². The second kappa shape index (κ2) is 6.40. The van der Waals surface area contributed by atoms with Gasteiger partial charge in [-0.2, -0.15) is 0 Å². The molecule has 100 valence electrons. The molecule has 1 rings (SSSR count). The molecule has 0 fully saturated rings. The Labute approximate surface area is 108 Å². The minimum Gasteiger partial charge on any atom is -0.480 e. The number of aliphatic carboxylic acids is 1. The van der Waals surface area contributed by atoms with E-state index >= 15 is 0 Å². The lowest BCUT2D eigenvalue weighted by atomic mass is 10.1.